The largest absolute Gasteiger partial charge is 0.393 e. The quantitative estimate of drug-likeness (QED) is 0.745. The molecule has 1 nitrogen and oxygen atoms in total. The van der Waals surface area contributed by atoms with Gasteiger partial charge in [-0.05, 0) is 54.8 Å². The number of rotatable bonds is 2. The monoisotopic (exact) mass is 240 g/mol. The molecule has 1 aliphatic rings. The molecule has 0 amide bonds. The second-order valence-electron chi connectivity index (χ2n) is 8.30. The molecule has 0 aliphatic heterocycles. The van der Waals surface area contributed by atoms with Gasteiger partial charge in [0.15, 0.2) is 0 Å². The van der Waals surface area contributed by atoms with Gasteiger partial charge in [-0.1, -0.05) is 41.5 Å². The number of hydrogen-bond donors (Lipinski definition) is 1. The van der Waals surface area contributed by atoms with Gasteiger partial charge in [0.2, 0.25) is 0 Å². The third kappa shape index (κ3) is 4.99. The number of aliphatic hydroxyl groups is 1. The zero-order chi connectivity index (χ0) is 13.3. The van der Waals surface area contributed by atoms with Crippen LogP contribution in [0.25, 0.3) is 0 Å². The van der Waals surface area contributed by atoms with Gasteiger partial charge in [0.05, 0.1) is 6.10 Å². The van der Waals surface area contributed by atoms with Gasteiger partial charge in [-0.3, -0.25) is 0 Å². The van der Waals surface area contributed by atoms with Crippen molar-refractivity contribution >= 4 is 0 Å². The highest BCUT2D eigenvalue weighted by atomic mass is 16.3. The number of aliphatic hydroxyl groups excluding tert-OH is 1. The molecule has 0 spiro atoms. The van der Waals surface area contributed by atoms with E-state index >= 15 is 0 Å². The van der Waals surface area contributed by atoms with E-state index in [4.69, 9.17) is 0 Å². The molecule has 0 aromatic rings. The second kappa shape index (κ2) is 5.30. The molecule has 0 heterocycles. The minimum absolute atomic E-state index is 0.0454. The zero-order valence-corrected chi connectivity index (χ0v) is 12.7. The van der Waals surface area contributed by atoms with E-state index in [1.165, 1.54) is 25.7 Å². The minimum atomic E-state index is -0.0454. The van der Waals surface area contributed by atoms with Crippen molar-refractivity contribution in [2.24, 2.45) is 22.7 Å². The van der Waals surface area contributed by atoms with Crippen molar-refractivity contribution in [2.75, 3.05) is 0 Å². The minimum Gasteiger partial charge on any atom is -0.393 e. The van der Waals surface area contributed by atoms with Crippen LogP contribution < -0.4 is 0 Å². The van der Waals surface area contributed by atoms with Crippen molar-refractivity contribution in [3.63, 3.8) is 0 Å². The molecule has 1 aliphatic carbocycles. The molecule has 0 aromatic heterocycles. The van der Waals surface area contributed by atoms with E-state index in [0.29, 0.717) is 16.7 Å². The third-order valence-corrected chi connectivity index (χ3v) is 4.43. The van der Waals surface area contributed by atoms with Crippen LogP contribution in [-0.2, 0) is 0 Å². The van der Waals surface area contributed by atoms with Crippen LogP contribution in [-0.4, -0.2) is 11.2 Å². The van der Waals surface area contributed by atoms with Crippen LogP contribution in [0.4, 0.5) is 0 Å². The Bertz CT molecular complexity index is 231. The molecule has 1 rings (SSSR count). The van der Waals surface area contributed by atoms with Gasteiger partial charge in [0.25, 0.3) is 0 Å². The van der Waals surface area contributed by atoms with Crippen LogP contribution in [0, 0.1) is 22.7 Å². The lowest BCUT2D eigenvalue weighted by molar-refractivity contribution is 0.0116. The maximum absolute atomic E-state index is 10.1. The Morgan fingerprint density at radius 3 is 2.06 bits per heavy atom. The van der Waals surface area contributed by atoms with E-state index < -0.39 is 0 Å². The van der Waals surface area contributed by atoms with Gasteiger partial charge in [-0.2, -0.15) is 0 Å². The summed E-state index contributed by atoms with van der Waals surface area (Å²) in [5, 5.41) is 10.1. The fourth-order valence-corrected chi connectivity index (χ4v) is 2.96. The molecular formula is C16H32O. The van der Waals surface area contributed by atoms with Crippen LogP contribution in [0.2, 0.25) is 0 Å². The van der Waals surface area contributed by atoms with Gasteiger partial charge in [-0.15, -0.1) is 0 Å². The summed E-state index contributed by atoms with van der Waals surface area (Å²) in [6.07, 6.45) is 5.81. The first kappa shape index (κ1) is 15.0. The van der Waals surface area contributed by atoms with Gasteiger partial charge < -0.3 is 5.11 Å². The van der Waals surface area contributed by atoms with E-state index in [1.54, 1.807) is 0 Å². The van der Waals surface area contributed by atoms with E-state index in [0.717, 1.165) is 12.3 Å². The molecule has 0 bridgehead atoms. The lowest BCUT2D eigenvalue weighted by Gasteiger charge is -2.40. The molecule has 17 heavy (non-hydrogen) atoms. The highest BCUT2D eigenvalue weighted by Crippen LogP contribution is 2.42. The van der Waals surface area contributed by atoms with E-state index in [9.17, 15) is 5.11 Å². The SMILES string of the molecule is CC(C)(C)CCC1CC(C(C)(C)C)CCC1O. The van der Waals surface area contributed by atoms with E-state index in [2.05, 4.69) is 41.5 Å². The summed E-state index contributed by atoms with van der Waals surface area (Å²) in [5.74, 6) is 1.32. The Balaban J connectivity index is 2.52. The molecule has 1 saturated carbocycles. The predicted octanol–water partition coefficient (Wildman–Crippen LogP) is 4.64. The number of hydrogen-bond acceptors (Lipinski definition) is 1. The molecule has 3 atom stereocenters. The lowest BCUT2D eigenvalue weighted by Crippen LogP contribution is -2.35. The fourth-order valence-electron chi connectivity index (χ4n) is 2.96. The molecule has 0 aromatic carbocycles. The molecule has 1 N–H and O–H groups in total. The van der Waals surface area contributed by atoms with Crippen molar-refractivity contribution in [1.82, 2.24) is 0 Å². The molecule has 0 radical (unpaired) electrons. The predicted molar refractivity (Wildman–Crippen MR) is 75.0 cm³/mol. The summed E-state index contributed by atoms with van der Waals surface area (Å²) in [6.45, 7) is 13.9. The summed E-state index contributed by atoms with van der Waals surface area (Å²) < 4.78 is 0. The Morgan fingerprint density at radius 2 is 1.59 bits per heavy atom. The van der Waals surface area contributed by atoms with Gasteiger partial charge in [0.1, 0.15) is 0 Å². The molecule has 1 fully saturated rings. The third-order valence-electron chi connectivity index (χ3n) is 4.43. The van der Waals surface area contributed by atoms with Gasteiger partial charge in [-0.25, -0.2) is 0 Å². The normalized spacial score (nSPS) is 31.6. The Labute approximate surface area is 108 Å². The second-order valence-corrected chi connectivity index (χ2v) is 8.30. The summed E-state index contributed by atoms with van der Waals surface area (Å²) in [6, 6.07) is 0. The fraction of sp³-hybridized carbons (Fsp3) is 1.00. The maximum atomic E-state index is 10.1. The molecule has 0 saturated heterocycles. The summed E-state index contributed by atoms with van der Waals surface area (Å²) in [4.78, 5) is 0. The van der Waals surface area contributed by atoms with Gasteiger partial charge in [0, 0.05) is 0 Å². The van der Waals surface area contributed by atoms with Crippen molar-refractivity contribution in [3.8, 4) is 0 Å². The smallest absolute Gasteiger partial charge is 0.0568 e. The van der Waals surface area contributed by atoms with Gasteiger partial charge >= 0.3 is 0 Å². The van der Waals surface area contributed by atoms with Crippen molar-refractivity contribution in [3.05, 3.63) is 0 Å². The summed E-state index contributed by atoms with van der Waals surface area (Å²) in [7, 11) is 0. The first-order chi connectivity index (χ1) is 7.59. The average molecular weight is 240 g/mol. The Kier molecular flexibility index (Phi) is 4.68. The summed E-state index contributed by atoms with van der Waals surface area (Å²) >= 11 is 0. The molecule has 3 unspecified atom stereocenters. The van der Waals surface area contributed by atoms with Crippen molar-refractivity contribution in [2.45, 2.75) is 79.8 Å². The average Bonchev–Trinajstić information content (AvgIpc) is 2.13. The van der Waals surface area contributed by atoms with E-state index in [1.807, 2.05) is 0 Å². The molecule has 102 valence electrons. The van der Waals surface area contributed by atoms with Crippen LogP contribution in [0.15, 0.2) is 0 Å². The highest BCUT2D eigenvalue weighted by molar-refractivity contribution is 4.86. The summed E-state index contributed by atoms with van der Waals surface area (Å²) in [5.41, 5.74) is 0.800. The van der Waals surface area contributed by atoms with Crippen LogP contribution >= 0.6 is 0 Å². The van der Waals surface area contributed by atoms with Crippen LogP contribution in [0.3, 0.4) is 0 Å². The van der Waals surface area contributed by atoms with Crippen LogP contribution in [0.1, 0.15) is 73.6 Å². The first-order valence-electron chi connectivity index (χ1n) is 7.28. The Morgan fingerprint density at radius 1 is 1.00 bits per heavy atom. The topological polar surface area (TPSA) is 20.2 Å². The standard InChI is InChI=1S/C16H32O/c1-15(2,3)10-9-12-11-13(16(4,5)6)7-8-14(12)17/h12-14,17H,7-11H2,1-6H3. The maximum Gasteiger partial charge on any atom is 0.0568 e. The highest BCUT2D eigenvalue weighted by Gasteiger charge is 2.35. The zero-order valence-electron chi connectivity index (χ0n) is 12.7. The Hall–Kier alpha value is -0.0400. The van der Waals surface area contributed by atoms with Crippen LogP contribution in [0.5, 0.6) is 0 Å². The van der Waals surface area contributed by atoms with E-state index in [-0.39, 0.29) is 6.10 Å². The van der Waals surface area contributed by atoms with Crippen molar-refractivity contribution in [1.29, 1.82) is 0 Å². The first-order valence-corrected chi connectivity index (χ1v) is 7.28. The molecular weight excluding hydrogens is 208 g/mol. The molecule has 1 heteroatoms. The van der Waals surface area contributed by atoms with Crippen molar-refractivity contribution < 1.29 is 5.11 Å². The lowest BCUT2D eigenvalue weighted by atomic mass is 9.66.